The zero-order valence-corrected chi connectivity index (χ0v) is 14.4. The van der Waals surface area contributed by atoms with E-state index in [4.69, 9.17) is 4.74 Å². The number of hydrogen-bond acceptors (Lipinski definition) is 4. The Morgan fingerprint density at radius 1 is 1.30 bits per heavy atom. The van der Waals surface area contributed by atoms with Crippen LogP contribution in [0.2, 0.25) is 0 Å². The fourth-order valence-electron chi connectivity index (χ4n) is 2.96. The summed E-state index contributed by atoms with van der Waals surface area (Å²) in [6.07, 6.45) is 0.556. The minimum atomic E-state index is -3.59. The molecule has 2 heterocycles. The predicted octanol–water partition coefficient (Wildman–Crippen LogP) is 1.46. The van der Waals surface area contributed by atoms with E-state index >= 15 is 0 Å². The first-order valence-electron chi connectivity index (χ1n) is 7.56. The zero-order chi connectivity index (χ0) is 16.6. The van der Waals surface area contributed by atoms with Crippen LogP contribution in [0.3, 0.4) is 0 Å². The summed E-state index contributed by atoms with van der Waals surface area (Å²) in [6.45, 7) is 4.23. The molecule has 0 spiro atoms. The summed E-state index contributed by atoms with van der Waals surface area (Å²) in [5.41, 5.74) is 3.53. The first-order chi connectivity index (χ1) is 10.9. The Hall–Kier alpha value is -1.70. The van der Waals surface area contributed by atoms with Crippen molar-refractivity contribution in [3.8, 4) is 0 Å². The van der Waals surface area contributed by atoms with E-state index in [1.165, 1.54) is 11.1 Å². The molecule has 0 aliphatic carbocycles. The molecule has 0 bridgehead atoms. The third-order valence-corrected chi connectivity index (χ3v) is 5.93. The Kier molecular flexibility index (Phi) is 4.27. The highest BCUT2D eigenvalue weighted by Gasteiger charge is 2.26. The number of aryl methyl sites for hydroxylation is 2. The van der Waals surface area contributed by atoms with Crippen molar-refractivity contribution >= 4 is 10.0 Å². The standard InChI is InChI=1S/C16H21N3O3S/c1-11-16(12(2)19(3)18-11)23(20,21)17-9-15-8-13-6-4-5-7-14(13)10-22-15/h4-7,15,17H,8-10H2,1-3H3. The second-order valence-corrected chi connectivity index (χ2v) is 7.59. The highest BCUT2D eigenvalue weighted by molar-refractivity contribution is 7.89. The van der Waals surface area contributed by atoms with Crippen molar-refractivity contribution in [2.24, 2.45) is 7.05 Å². The van der Waals surface area contributed by atoms with Crippen LogP contribution in [-0.4, -0.2) is 30.8 Å². The Labute approximate surface area is 136 Å². The predicted molar refractivity (Wildman–Crippen MR) is 86.6 cm³/mol. The smallest absolute Gasteiger partial charge is 0.244 e. The average Bonchev–Trinajstić information content (AvgIpc) is 2.78. The van der Waals surface area contributed by atoms with Crippen molar-refractivity contribution in [2.45, 2.75) is 37.9 Å². The molecule has 7 heteroatoms. The van der Waals surface area contributed by atoms with E-state index in [-0.39, 0.29) is 17.5 Å². The van der Waals surface area contributed by atoms with Gasteiger partial charge in [0.2, 0.25) is 10.0 Å². The number of sulfonamides is 1. The monoisotopic (exact) mass is 335 g/mol. The summed E-state index contributed by atoms with van der Waals surface area (Å²) in [6, 6.07) is 8.08. The molecule has 1 atom stereocenters. The van der Waals surface area contributed by atoms with Crippen LogP contribution < -0.4 is 4.72 Å². The molecule has 6 nitrogen and oxygen atoms in total. The van der Waals surface area contributed by atoms with Crippen LogP contribution in [-0.2, 0) is 34.8 Å². The lowest BCUT2D eigenvalue weighted by atomic mass is 9.99. The topological polar surface area (TPSA) is 73.2 Å². The second kappa shape index (κ2) is 6.07. The number of rotatable bonds is 4. The van der Waals surface area contributed by atoms with Gasteiger partial charge in [0.05, 0.1) is 24.1 Å². The maximum atomic E-state index is 12.6. The molecule has 1 unspecified atom stereocenters. The molecule has 1 aromatic heterocycles. The van der Waals surface area contributed by atoms with Crippen LogP contribution >= 0.6 is 0 Å². The second-order valence-electron chi connectivity index (χ2n) is 5.88. The quantitative estimate of drug-likeness (QED) is 0.918. The van der Waals surface area contributed by atoms with Gasteiger partial charge in [-0.1, -0.05) is 24.3 Å². The SMILES string of the molecule is Cc1nn(C)c(C)c1S(=O)(=O)NCC1Cc2ccccc2CO1. The van der Waals surface area contributed by atoms with Gasteiger partial charge in [0.1, 0.15) is 4.90 Å². The molecule has 1 N–H and O–H groups in total. The van der Waals surface area contributed by atoms with E-state index in [1.54, 1.807) is 25.6 Å². The Bertz CT molecular complexity index is 827. The van der Waals surface area contributed by atoms with Gasteiger partial charge in [-0.25, -0.2) is 13.1 Å². The molecule has 3 rings (SSSR count). The number of nitrogens with zero attached hydrogens (tertiary/aromatic N) is 2. The summed E-state index contributed by atoms with van der Waals surface area (Å²) in [5, 5.41) is 4.17. The first kappa shape index (κ1) is 16.2. The van der Waals surface area contributed by atoms with Crippen molar-refractivity contribution in [3.63, 3.8) is 0 Å². The molecule has 0 amide bonds. The zero-order valence-electron chi connectivity index (χ0n) is 13.5. The molecule has 0 radical (unpaired) electrons. The fraction of sp³-hybridized carbons (Fsp3) is 0.438. The lowest BCUT2D eigenvalue weighted by Crippen LogP contribution is -2.37. The third kappa shape index (κ3) is 3.17. The van der Waals surface area contributed by atoms with Gasteiger partial charge in [-0.3, -0.25) is 4.68 Å². The maximum Gasteiger partial charge on any atom is 0.244 e. The Morgan fingerprint density at radius 2 is 2.00 bits per heavy atom. The number of fused-ring (bicyclic) bond motifs is 1. The molecule has 0 saturated heterocycles. The van der Waals surface area contributed by atoms with Gasteiger partial charge in [0.15, 0.2) is 0 Å². The number of ether oxygens (including phenoxy) is 1. The fourth-order valence-corrected chi connectivity index (χ4v) is 4.46. The van der Waals surface area contributed by atoms with Crippen LogP contribution in [0.15, 0.2) is 29.2 Å². The van der Waals surface area contributed by atoms with Gasteiger partial charge < -0.3 is 4.74 Å². The van der Waals surface area contributed by atoms with Crippen LogP contribution in [0.4, 0.5) is 0 Å². The molecule has 1 aromatic carbocycles. The molecular formula is C16H21N3O3S. The average molecular weight is 335 g/mol. The number of hydrogen-bond donors (Lipinski definition) is 1. The third-order valence-electron chi connectivity index (χ3n) is 4.25. The molecule has 2 aromatic rings. The minimum absolute atomic E-state index is 0.156. The van der Waals surface area contributed by atoms with Crippen LogP contribution in [0, 0.1) is 13.8 Å². The van der Waals surface area contributed by atoms with Gasteiger partial charge in [0, 0.05) is 20.0 Å². The summed E-state index contributed by atoms with van der Waals surface area (Å²) in [7, 11) is -1.85. The summed E-state index contributed by atoms with van der Waals surface area (Å²) in [5.74, 6) is 0. The van der Waals surface area contributed by atoms with Gasteiger partial charge >= 0.3 is 0 Å². The first-order valence-corrected chi connectivity index (χ1v) is 9.05. The van der Waals surface area contributed by atoms with Gasteiger partial charge in [0.25, 0.3) is 0 Å². The highest BCUT2D eigenvalue weighted by Crippen LogP contribution is 2.21. The van der Waals surface area contributed by atoms with Crippen molar-refractivity contribution in [3.05, 3.63) is 46.8 Å². The normalized spacial score (nSPS) is 18.0. The lowest BCUT2D eigenvalue weighted by molar-refractivity contribution is 0.0322. The van der Waals surface area contributed by atoms with Crippen LogP contribution in [0.1, 0.15) is 22.5 Å². The number of benzene rings is 1. The summed E-state index contributed by atoms with van der Waals surface area (Å²) < 4.78 is 35.1. The molecule has 0 saturated carbocycles. The van der Waals surface area contributed by atoms with Crippen LogP contribution in [0.5, 0.6) is 0 Å². The molecule has 23 heavy (non-hydrogen) atoms. The Balaban J connectivity index is 1.71. The maximum absolute atomic E-state index is 12.6. The van der Waals surface area contributed by atoms with Crippen molar-refractivity contribution in [1.82, 2.24) is 14.5 Å². The van der Waals surface area contributed by atoms with Gasteiger partial charge in [-0.05, 0) is 25.0 Å². The molecule has 0 fully saturated rings. The van der Waals surface area contributed by atoms with Crippen molar-refractivity contribution < 1.29 is 13.2 Å². The molecular weight excluding hydrogens is 314 g/mol. The van der Waals surface area contributed by atoms with E-state index in [9.17, 15) is 8.42 Å². The number of aromatic nitrogens is 2. The van der Waals surface area contributed by atoms with E-state index < -0.39 is 10.0 Å². The van der Waals surface area contributed by atoms with E-state index in [2.05, 4.69) is 15.9 Å². The molecule has 1 aliphatic heterocycles. The van der Waals surface area contributed by atoms with Gasteiger partial charge in [-0.15, -0.1) is 0 Å². The lowest BCUT2D eigenvalue weighted by Gasteiger charge is -2.25. The minimum Gasteiger partial charge on any atom is -0.372 e. The largest absolute Gasteiger partial charge is 0.372 e. The highest BCUT2D eigenvalue weighted by atomic mass is 32.2. The summed E-state index contributed by atoms with van der Waals surface area (Å²) >= 11 is 0. The van der Waals surface area contributed by atoms with E-state index in [1.807, 2.05) is 18.2 Å². The van der Waals surface area contributed by atoms with Crippen molar-refractivity contribution in [2.75, 3.05) is 6.54 Å². The Morgan fingerprint density at radius 3 is 2.65 bits per heavy atom. The van der Waals surface area contributed by atoms with Crippen LogP contribution in [0.25, 0.3) is 0 Å². The van der Waals surface area contributed by atoms with Gasteiger partial charge in [-0.2, -0.15) is 5.10 Å². The molecule has 124 valence electrons. The number of nitrogens with one attached hydrogen (secondary N) is 1. The van der Waals surface area contributed by atoms with Crippen molar-refractivity contribution in [1.29, 1.82) is 0 Å². The molecule has 1 aliphatic rings. The summed E-state index contributed by atoms with van der Waals surface area (Å²) in [4.78, 5) is 0.260. The van der Waals surface area contributed by atoms with E-state index in [0.29, 0.717) is 24.4 Å². The van der Waals surface area contributed by atoms with E-state index in [0.717, 1.165) is 0 Å².